The predicted molar refractivity (Wildman–Crippen MR) is 109 cm³/mol. The fraction of sp³-hybridized carbons (Fsp3) is 0.417. The van der Waals surface area contributed by atoms with Gasteiger partial charge in [0, 0.05) is 13.1 Å². The van der Waals surface area contributed by atoms with Crippen molar-refractivity contribution in [1.82, 2.24) is 4.90 Å². The van der Waals surface area contributed by atoms with Gasteiger partial charge in [-0.2, -0.15) is 0 Å². The van der Waals surface area contributed by atoms with E-state index in [0.717, 1.165) is 13.1 Å². The van der Waals surface area contributed by atoms with Crippen molar-refractivity contribution in [2.75, 3.05) is 0 Å². The highest BCUT2D eigenvalue weighted by Crippen LogP contribution is 2.12. The molecule has 0 amide bonds. The second-order valence-electron chi connectivity index (χ2n) is 6.82. The van der Waals surface area contributed by atoms with Gasteiger partial charge in [0.25, 0.3) is 0 Å². The second-order valence-corrected chi connectivity index (χ2v) is 6.82. The third kappa shape index (κ3) is 8.58. The normalized spacial score (nSPS) is 11.1. The Bertz CT molecular complexity index is 532. The topological polar surface area (TPSA) is 3.24 Å². The number of hydrogen-bond acceptors (Lipinski definition) is 1. The standard InChI is InChI=1S/C24H33N/c1-2-3-4-5-6-7-8-15-20-25(21-23-16-11-9-12-17-23)22-24-18-13-10-14-19-24/h9-20H,2-8,21-22H2,1H3/b20-15-. The van der Waals surface area contributed by atoms with Gasteiger partial charge >= 0.3 is 0 Å². The summed E-state index contributed by atoms with van der Waals surface area (Å²) in [5.41, 5.74) is 2.73. The van der Waals surface area contributed by atoms with Crippen LogP contribution in [0.3, 0.4) is 0 Å². The molecule has 2 rings (SSSR count). The van der Waals surface area contributed by atoms with Gasteiger partial charge in [-0.1, -0.05) is 106 Å². The molecule has 1 heteroatoms. The lowest BCUT2D eigenvalue weighted by molar-refractivity contribution is 0.360. The first-order valence-electron chi connectivity index (χ1n) is 9.87. The Morgan fingerprint density at radius 1 is 0.680 bits per heavy atom. The maximum absolute atomic E-state index is 2.42. The third-order valence-electron chi connectivity index (χ3n) is 4.50. The number of unbranched alkanes of at least 4 members (excludes halogenated alkanes) is 6. The van der Waals surface area contributed by atoms with Crippen LogP contribution < -0.4 is 0 Å². The van der Waals surface area contributed by atoms with E-state index in [-0.39, 0.29) is 0 Å². The van der Waals surface area contributed by atoms with Crippen molar-refractivity contribution < 1.29 is 0 Å². The van der Waals surface area contributed by atoms with E-state index in [1.165, 1.54) is 56.1 Å². The largest absolute Gasteiger partial charge is 0.369 e. The van der Waals surface area contributed by atoms with Gasteiger partial charge in [-0.25, -0.2) is 0 Å². The van der Waals surface area contributed by atoms with E-state index in [4.69, 9.17) is 0 Å². The van der Waals surface area contributed by atoms with Gasteiger partial charge in [0.2, 0.25) is 0 Å². The first-order chi connectivity index (χ1) is 12.4. The molecule has 0 atom stereocenters. The minimum Gasteiger partial charge on any atom is -0.369 e. The number of allylic oxidation sites excluding steroid dienone is 1. The van der Waals surface area contributed by atoms with E-state index >= 15 is 0 Å². The highest BCUT2D eigenvalue weighted by Gasteiger charge is 2.02. The molecule has 2 aromatic rings. The van der Waals surface area contributed by atoms with Crippen LogP contribution >= 0.6 is 0 Å². The molecule has 0 bridgehead atoms. The smallest absolute Gasteiger partial charge is 0.0427 e. The van der Waals surface area contributed by atoms with Crippen LogP contribution in [0.1, 0.15) is 63.0 Å². The van der Waals surface area contributed by atoms with E-state index in [1.54, 1.807) is 0 Å². The molecule has 0 radical (unpaired) electrons. The molecule has 0 heterocycles. The lowest BCUT2D eigenvalue weighted by Crippen LogP contribution is -2.16. The molecule has 0 unspecified atom stereocenters. The molecular formula is C24H33N. The van der Waals surface area contributed by atoms with Crippen LogP contribution in [-0.2, 0) is 13.1 Å². The first-order valence-corrected chi connectivity index (χ1v) is 9.87. The summed E-state index contributed by atoms with van der Waals surface area (Å²) in [6.45, 7) is 4.20. The van der Waals surface area contributed by atoms with Gasteiger partial charge in [-0.15, -0.1) is 0 Å². The fourth-order valence-corrected chi connectivity index (χ4v) is 3.06. The molecule has 134 valence electrons. The van der Waals surface area contributed by atoms with Crippen molar-refractivity contribution in [3.05, 3.63) is 84.1 Å². The van der Waals surface area contributed by atoms with E-state index in [2.05, 4.69) is 84.8 Å². The Morgan fingerprint density at radius 2 is 1.20 bits per heavy atom. The van der Waals surface area contributed by atoms with Crippen LogP contribution in [-0.4, -0.2) is 4.90 Å². The molecule has 0 spiro atoms. The number of benzene rings is 2. The molecule has 0 aliphatic rings. The van der Waals surface area contributed by atoms with Crippen molar-refractivity contribution in [2.24, 2.45) is 0 Å². The first kappa shape index (κ1) is 19.3. The molecule has 0 aliphatic carbocycles. The van der Waals surface area contributed by atoms with Crippen LogP contribution in [0.5, 0.6) is 0 Å². The fourth-order valence-electron chi connectivity index (χ4n) is 3.06. The van der Waals surface area contributed by atoms with Crippen molar-refractivity contribution in [3.63, 3.8) is 0 Å². The molecule has 0 saturated carbocycles. The number of rotatable bonds is 12. The summed E-state index contributed by atoms with van der Waals surface area (Å²) in [5.74, 6) is 0. The Morgan fingerprint density at radius 3 is 1.76 bits per heavy atom. The Hall–Kier alpha value is -2.02. The summed E-state index contributed by atoms with van der Waals surface area (Å²) in [7, 11) is 0. The molecule has 0 saturated heterocycles. The van der Waals surface area contributed by atoms with Gasteiger partial charge in [0.15, 0.2) is 0 Å². The van der Waals surface area contributed by atoms with E-state index in [9.17, 15) is 0 Å². The molecule has 0 aromatic heterocycles. The van der Waals surface area contributed by atoms with E-state index in [1.807, 2.05) is 0 Å². The van der Waals surface area contributed by atoms with Gasteiger partial charge in [-0.3, -0.25) is 0 Å². The molecule has 25 heavy (non-hydrogen) atoms. The minimum absolute atomic E-state index is 0.961. The average Bonchev–Trinajstić information content (AvgIpc) is 2.65. The summed E-state index contributed by atoms with van der Waals surface area (Å²) in [5, 5.41) is 0. The zero-order valence-corrected chi connectivity index (χ0v) is 15.7. The Kier molecular flexibility index (Phi) is 9.54. The zero-order chi connectivity index (χ0) is 17.6. The summed E-state index contributed by atoms with van der Waals surface area (Å²) >= 11 is 0. The Balaban J connectivity index is 1.82. The quantitative estimate of drug-likeness (QED) is 0.379. The summed E-state index contributed by atoms with van der Waals surface area (Å²) in [4.78, 5) is 2.42. The maximum Gasteiger partial charge on any atom is 0.0427 e. The van der Waals surface area contributed by atoms with Crippen LogP contribution in [0.15, 0.2) is 72.9 Å². The molecule has 0 N–H and O–H groups in total. The summed E-state index contributed by atoms with van der Waals surface area (Å²) < 4.78 is 0. The predicted octanol–water partition coefficient (Wildman–Crippen LogP) is 6.95. The van der Waals surface area contributed by atoms with Gasteiger partial charge in [-0.05, 0) is 30.2 Å². The summed E-state index contributed by atoms with van der Waals surface area (Å²) in [6, 6.07) is 21.5. The SMILES string of the molecule is CCCCCCCC/C=C\N(Cc1ccccc1)Cc1ccccc1. The van der Waals surface area contributed by atoms with Crippen molar-refractivity contribution >= 4 is 0 Å². The lowest BCUT2D eigenvalue weighted by atomic mass is 10.1. The molecule has 1 nitrogen and oxygen atoms in total. The Labute approximate surface area is 154 Å². The minimum atomic E-state index is 0.961. The second kappa shape index (κ2) is 12.4. The van der Waals surface area contributed by atoms with Crippen molar-refractivity contribution in [1.29, 1.82) is 0 Å². The summed E-state index contributed by atoms with van der Waals surface area (Å²) in [6.07, 6.45) is 14.0. The highest BCUT2D eigenvalue weighted by atomic mass is 15.1. The highest BCUT2D eigenvalue weighted by molar-refractivity contribution is 5.17. The van der Waals surface area contributed by atoms with Crippen LogP contribution in [0, 0.1) is 0 Å². The zero-order valence-electron chi connectivity index (χ0n) is 15.7. The molecule has 0 aliphatic heterocycles. The monoisotopic (exact) mass is 335 g/mol. The van der Waals surface area contributed by atoms with Crippen molar-refractivity contribution in [3.8, 4) is 0 Å². The van der Waals surface area contributed by atoms with Crippen LogP contribution in [0.2, 0.25) is 0 Å². The molecular weight excluding hydrogens is 302 g/mol. The number of hydrogen-bond donors (Lipinski definition) is 0. The van der Waals surface area contributed by atoms with Crippen LogP contribution in [0.4, 0.5) is 0 Å². The molecule has 2 aromatic carbocycles. The molecule has 0 fully saturated rings. The van der Waals surface area contributed by atoms with E-state index in [0.29, 0.717) is 0 Å². The van der Waals surface area contributed by atoms with E-state index < -0.39 is 0 Å². The third-order valence-corrected chi connectivity index (χ3v) is 4.50. The van der Waals surface area contributed by atoms with Gasteiger partial charge in [0.1, 0.15) is 0 Å². The van der Waals surface area contributed by atoms with Gasteiger partial charge < -0.3 is 4.90 Å². The lowest BCUT2D eigenvalue weighted by Gasteiger charge is -2.21. The number of nitrogens with zero attached hydrogens (tertiary/aromatic N) is 1. The van der Waals surface area contributed by atoms with Gasteiger partial charge in [0.05, 0.1) is 0 Å². The maximum atomic E-state index is 2.42. The average molecular weight is 336 g/mol. The van der Waals surface area contributed by atoms with Crippen LogP contribution in [0.25, 0.3) is 0 Å². The van der Waals surface area contributed by atoms with Crippen molar-refractivity contribution in [2.45, 2.75) is 65.0 Å².